The summed E-state index contributed by atoms with van der Waals surface area (Å²) in [5.41, 5.74) is 10.2. The van der Waals surface area contributed by atoms with E-state index < -0.39 is 0 Å². The number of hydrogen-bond acceptors (Lipinski definition) is 3. The van der Waals surface area contributed by atoms with Crippen LogP contribution >= 0.6 is 0 Å². The van der Waals surface area contributed by atoms with Crippen molar-refractivity contribution < 1.29 is 1510 Å². The van der Waals surface area contributed by atoms with Crippen LogP contribution in [0.5, 0.6) is 0 Å². The zero-order chi connectivity index (χ0) is 5.54. The molecule has 0 aliphatic rings. The van der Waals surface area contributed by atoms with Gasteiger partial charge in [0.15, 0.2) is 0 Å². The van der Waals surface area contributed by atoms with E-state index in [1.165, 1.54) is 0 Å². The maximum atomic E-state index is 5.12. The minimum atomic E-state index is 0. The van der Waals surface area contributed by atoms with Crippen molar-refractivity contribution in [1.29, 1.82) is 0 Å². The monoisotopic (exact) mass is 4220 g/mol. The van der Waals surface area contributed by atoms with Gasteiger partial charge in [-0.3, -0.25) is 0 Å². The summed E-state index contributed by atoms with van der Waals surface area (Å²) in [6.45, 7) is 0. The van der Waals surface area contributed by atoms with Gasteiger partial charge in [0.05, 0.1) is 0 Å². The Hall–Kier alpha value is 51.1. The molecule has 3 nitrogen and oxygen atoms in total. The average molecular weight is 4220 g/mol. The van der Waals surface area contributed by atoms with Crippen LogP contribution in [0.4, 0.5) is 0 Å². The third-order valence-electron chi connectivity index (χ3n) is 0.311. The second kappa shape index (κ2) is 342. The van der Waals surface area contributed by atoms with Crippen LogP contribution in [0.2, 0.25) is 0 Å². The third kappa shape index (κ3) is 347. The molecule has 0 amide bonds. The molecule has 0 saturated heterocycles. The maximum Gasteiger partial charge on any atom is 0.230 e. The van der Waals surface area contributed by atoms with Crippen molar-refractivity contribution in [1.82, 2.24) is 0 Å². The molecule has 0 fully saturated rings. The zero-order valence-corrected chi connectivity index (χ0v) is 163. The number of hydrogen-bond donors (Lipinski definition) is 2. The van der Waals surface area contributed by atoms with E-state index in [4.69, 9.17) is 15.6 Å². The summed E-state index contributed by atoms with van der Waals surface area (Å²) < 4.78 is 4.94. The van der Waals surface area contributed by atoms with Crippen molar-refractivity contribution in [2.24, 2.45) is 11.5 Å². The second-order valence-corrected chi connectivity index (χ2v) is 3.01. The molecule has 0 aliphatic heterocycles. The molecule has 0 heterocycles. The van der Waals surface area contributed by atoms with Crippen molar-refractivity contribution in [3.8, 4) is 0 Å². The summed E-state index contributed by atoms with van der Waals surface area (Å²) in [4.78, 5) is 0. The van der Waals surface area contributed by atoms with Crippen molar-refractivity contribution in [3.63, 3.8) is 0 Å². The Kier molecular flexibility index (Phi) is 2190. The largest absolute Gasteiger partial charge is 0.455 e. The van der Waals surface area contributed by atoms with Gasteiger partial charge in [0.25, 0.3) is 0 Å². The van der Waals surface area contributed by atoms with Gasteiger partial charge in [-0.1, -0.05) is 0 Å². The first-order chi connectivity index (χ1) is 3.41. The Morgan fingerprint density at radius 2 is 0.226 bits per heavy atom. The molecule has 0 aromatic heterocycles. The Morgan fingerprint density at radius 1 is 0.170 bits per heavy atom. The maximum absolute atomic E-state index is 5.12. The zero-order valence-electron chi connectivity index (χ0n) is 30.5. The van der Waals surface area contributed by atoms with Gasteiger partial charge < -0.3 is 15.6 Å². The summed E-state index contributed by atoms with van der Waals surface area (Å²) >= 11 is 0. The summed E-state index contributed by atoms with van der Waals surface area (Å²) in [7, 11) is 0.864. The van der Waals surface area contributed by atoms with E-state index >= 15 is 0 Å². The molecule has 53 heavy (non-hydrogen) atoms. The van der Waals surface area contributed by atoms with Crippen LogP contribution in [-0.2, 0) is 1510 Å². The molecule has 0 spiro atoms. The molecule has 0 aromatic carbocycles. The van der Waals surface area contributed by atoms with E-state index in [0.29, 0.717) is 31.9 Å². The van der Waals surface area contributed by atoms with Crippen LogP contribution < -0.4 is 11.5 Å². The summed E-state index contributed by atoms with van der Waals surface area (Å²) in [5.74, 6) is 0. The van der Waals surface area contributed by atoms with E-state index in [2.05, 4.69) is 0 Å². The Labute approximate surface area is 1490 Å². The predicted molar refractivity (Wildman–Crippen MR) is 30.7 cm³/mol. The standard InChI is InChI=1S/C2H8N2OSi2.46Y/c3-1-6-5-7-2-4;;;;;;;;;;;;;;;;;;;;;;;;;;;;;;;;;;;;;;;;;;;;;;/h1-4H2;;;;;;;;;;;;;;;;;;;;;;;;;;;;;;;;;;;;;;;;;;;;;;. The van der Waals surface area contributed by atoms with Gasteiger partial charge in [-0.15, -0.1) is 0 Å². The normalized spacial score (nSPS) is 1.25. The van der Waals surface area contributed by atoms with Crippen LogP contribution in [0.1, 0.15) is 0 Å². The van der Waals surface area contributed by atoms with E-state index in [1.807, 2.05) is 0 Å². The molecule has 0 atom stereocenters. The molecule has 0 unspecified atom stereocenters. The predicted octanol–water partition coefficient (Wildman–Crippen LogP) is -2.04. The van der Waals surface area contributed by atoms with Gasteiger partial charge in [-0.25, -0.2) is 0 Å². The topological polar surface area (TPSA) is 61.3 Å². The molecule has 0 rings (SSSR count). The molecule has 51 heteroatoms. The summed E-state index contributed by atoms with van der Waals surface area (Å²) in [6.07, 6.45) is 1.24. The van der Waals surface area contributed by atoms with Gasteiger partial charge in [0.2, 0.25) is 19.5 Å². The van der Waals surface area contributed by atoms with Crippen molar-refractivity contribution in [2.45, 2.75) is 0 Å². The SMILES string of the molecule is NC[Si]O[Si]CN.[Y].[Y].[Y].[Y].[Y].[Y].[Y].[Y].[Y].[Y].[Y].[Y].[Y].[Y].[Y].[Y].[Y].[Y].[Y].[Y].[Y].[Y].[Y].[Y].[Y].[Y].[Y].[Y].[Y].[Y].[Y].[Y].[Y].[Y].[Y].[Y].[Y].[Y].[Y].[Y].[Y].[Y].[Y].[Y].[Y].[Y]. The van der Waals surface area contributed by atoms with Gasteiger partial charge in [-0.05, 0) is 0 Å². The first-order valence-electron chi connectivity index (χ1n) is 1.93. The fraction of sp³-hybridized carbons (Fsp3) is 1.00. The Bertz CT molecular complexity index is 62.7. The van der Waals surface area contributed by atoms with Gasteiger partial charge in [0, 0.05) is 1520 Å². The van der Waals surface area contributed by atoms with E-state index in [9.17, 15) is 0 Å². The van der Waals surface area contributed by atoms with Gasteiger partial charge >= 0.3 is 0 Å². The van der Waals surface area contributed by atoms with Crippen LogP contribution in [0.25, 0.3) is 0 Å². The minimum absolute atomic E-state index is 0. The van der Waals surface area contributed by atoms with E-state index in [1.54, 1.807) is 0 Å². The fourth-order valence-corrected chi connectivity index (χ4v) is 1.21. The fourth-order valence-electron chi connectivity index (χ4n) is 0.134. The first-order valence-corrected chi connectivity index (χ1v) is 4.16. The van der Waals surface area contributed by atoms with Crippen molar-refractivity contribution in [3.05, 3.63) is 0 Å². The summed E-state index contributed by atoms with van der Waals surface area (Å²) in [6, 6.07) is 0. The average Bonchev–Trinajstić information content (AvgIpc) is 1.69. The van der Waals surface area contributed by atoms with E-state index in [-0.39, 0.29) is 1500 Å². The number of nitrogens with two attached hydrogens (primary N) is 2. The van der Waals surface area contributed by atoms with Gasteiger partial charge in [0.1, 0.15) is 0 Å². The minimum Gasteiger partial charge on any atom is -0.455 e. The molecule has 4 N–H and O–H groups in total. The number of rotatable bonds is 4. The Morgan fingerprint density at radius 3 is 0.264 bits per heavy atom. The Balaban J connectivity index is -0.000000000174. The molecule has 50 radical (unpaired) electrons. The van der Waals surface area contributed by atoms with Crippen LogP contribution in [-0.4, -0.2) is 31.9 Å². The third-order valence-corrected chi connectivity index (χ3v) is 1.80. The first kappa shape index (κ1) is 339. The molecule has 0 aromatic rings. The van der Waals surface area contributed by atoms with Crippen LogP contribution in [0.15, 0.2) is 0 Å². The van der Waals surface area contributed by atoms with Crippen LogP contribution in [0.3, 0.4) is 0 Å². The van der Waals surface area contributed by atoms with Crippen molar-refractivity contribution >= 4 is 19.5 Å². The molecular weight excluding hydrogens is 4210 g/mol. The molecular formula is C2H8N2OSi2Y46. The van der Waals surface area contributed by atoms with E-state index in [0.717, 1.165) is 0 Å². The van der Waals surface area contributed by atoms with Gasteiger partial charge in [-0.2, -0.15) is 0 Å². The molecule has 0 bridgehead atoms. The summed E-state index contributed by atoms with van der Waals surface area (Å²) in [5, 5.41) is 0. The molecule has 0 saturated carbocycles. The smallest absolute Gasteiger partial charge is 0.230 e. The van der Waals surface area contributed by atoms with Crippen LogP contribution in [0, 0.1) is 0 Å². The second-order valence-electron chi connectivity index (χ2n) is 0.799. The molecule has 0 aliphatic carbocycles. The quantitative estimate of drug-likeness (QED) is 0.253. The van der Waals surface area contributed by atoms with Crippen molar-refractivity contribution in [2.75, 3.05) is 12.3 Å². The molecule has 178 valence electrons.